The van der Waals surface area contributed by atoms with Crippen molar-refractivity contribution in [3.05, 3.63) is 45.4 Å². The van der Waals surface area contributed by atoms with Crippen LogP contribution in [0.5, 0.6) is 0 Å². The van der Waals surface area contributed by atoms with Crippen LogP contribution in [0.3, 0.4) is 0 Å². The molecule has 1 aromatic heterocycles. The van der Waals surface area contributed by atoms with E-state index in [0.717, 1.165) is 22.8 Å². The molecular formula is C16H23N5O2S2. The maximum atomic E-state index is 11.3. The molecular weight excluding hydrogens is 358 g/mol. The second kappa shape index (κ2) is 8.41. The minimum atomic E-state index is -3.67. The molecule has 1 aromatic carbocycles. The number of nitrogens with zero attached hydrogens (tertiary/aromatic N) is 2. The highest BCUT2D eigenvalue weighted by atomic mass is 32.2. The Bertz CT molecular complexity index is 842. The van der Waals surface area contributed by atoms with Crippen LogP contribution in [0.2, 0.25) is 0 Å². The molecule has 7 nitrogen and oxygen atoms in total. The molecule has 0 spiro atoms. The second-order valence-electron chi connectivity index (χ2n) is 5.48. The topological polar surface area (TPSA) is 109 Å². The van der Waals surface area contributed by atoms with Crippen LogP contribution in [0.4, 0.5) is 0 Å². The molecule has 2 aromatic rings. The van der Waals surface area contributed by atoms with Gasteiger partial charge in [0.25, 0.3) is 0 Å². The molecule has 0 fully saturated rings. The molecule has 2 rings (SSSR count). The smallest absolute Gasteiger partial charge is 0.238 e. The zero-order valence-corrected chi connectivity index (χ0v) is 16.2. The summed E-state index contributed by atoms with van der Waals surface area (Å²) in [6, 6.07) is 6.40. The summed E-state index contributed by atoms with van der Waals surface area (Å²) < 4.78 is 22.5. The van der Waals surface area contributed by atoms with Crippen LogP contribution in [-0.4, -0.2) is 25.9 Å². The number of hydrogen-bond acceptors (Lipinski definition) is 5. The molecule has 0 saturated carbocycles. The van der Waals surface area contributed by atoms with Crippen molar-refractivity contribution < 1.29 is 8.42 Å². The predicted octanol–water partition coefficient (Wildman–Crippen LogP) is 1.66. The van der Waals surface area contributed by atoms with Crippen molar-refractivity contribution in [2.45, 2.75) is 38.8 Å². The lowest BCUT2D eigenvalue weighted by molar-refractivity contribution is 0.598. The molecule has 4 N–H and O–H groups in total. The van der Waals surface area contributed by atoms with E-state index in [2.05, 4.69) is 20.6 Å². The van der Waals surface area contributed by atoms with Gasteiger partial charge in [0.2, 0.25) is 10.0 Å². The molecule has 25 heavy (non-hydrogen) atoms. The third-order valence-corrected chi connectivity index (χ3v) is 5.43. The molecule has 0 bridgehead atoms. The van der Waals surface area contributed by atoms with E-state index in [1.54, 1.807) is 23.5 Å². The number of nitrogens with one attached hydrogen (secondary N) is 2. The summed E-state index contributed by atoms with van der Waals surface area (Å²) in [6.07, 6.45) is 0. The summed E-state index contributed by atoms with van der Waals surface area (Å²) in [7, 11) is -3.67. The lowest BCUT2D eigenvalue weighted by Crippen LogP contribution is -2.36. The number of rotatable bonds is 6. The third-order valence-electron chi connectivity index (χ3n) is 3.43. The van der Waals surface area contributed by atoms with Gasteiger partial charge in [0.15, 0.2) is 5.96 Å². The van der Waals surface area contributed by atoms with E-state index in [1.165, 1.54) is 17.0 Å². The van der Waals surface area contributed by atoms with Crippen LogP contribution in [0.25, 0.3) is 0 Å². The Morgan fingerprint density at radius 3 is 2.44 bits per heavy atom. The quantitative estimate of drug-likeness (QED) is 0.521. The molecule has 0 aliphatic carbocycles. The first-order chi connectivity index (χ1) is 11.8. The molecule has 9 heteroatoms. The van der Waals surface area contributed by atoms with Gasteiger partial charge >= 0.3 is 0 Å². The van der Waals surface area contributed by atoms with Crippen molar-refractivity contribution in [3.8, 4) is 0 Å². The van der Waals surface area contributed by atoms with E-state index < -0.39 is 10.0 Å². The summed E-state index contributed by atoms with van der Waals surface area (Å²) in [6.45, 7) is 7.83. The van der Waals surface area contributed by atoms with Crippen LogP contribution in [0.1, 0.15) is 28.1 Å². The van der Waals surface area contributed by atoms with Crippen molar-refractivity contribution in [3.63, 3.8) is 0 Å². The number of primary sulfonamides is 1. The Morgan fingerprint density at radius 1 is 1.24 bits per heavy atom. The molecule has 0 aliphatic rings. The monoisotopic (exact) mass is 381 g/mol. The lowest BCUT2D eigenvalue weighted by atomic mass is 10.2. The number of hydrogen-bond donors (Lipinski definition) is 3. The first kappa shape index (κ1) is 19.4. The Hall–Kier alpha value is -1.97. The van der Waals surface area contributed by atoms with E-state index in [9.17, 15) is 8.42 Å². The van der Waals surface area contributed by atoms with Gasteiger partial charge in [-0.05, 0) is 38.5 Å². The van der Waals surface area contributed by atoms with Gasteiger partial charge in [0.05, 0.1) is 28.7 Å². The number of aromatic nitrogens is 1. The van der Waals surface area contributed by atoms with Gasteiger partial charge in [-0.1, -0.05) is 12.1 Å². The van der Waals surface area contributed by atoms with Gasteiger partial charge in [-0.15, -0.1) is 11.3 Å². The Kier molecular flexibility index (Phi) is 6.51. The number of aryl methyl sites for hydroxylation is 2. The van der Waals surface area contributed by atoms with Gasteiger partial charge in [0, 0.05) is 11.4 Å². The highest BCUT2D eigenvalue weighted by Gasteiger charge is 2.07. The van der Waals surface area contributed by atoms with E-state index in [-0.39, 0.29) is 4.90 Å². The van der Waals surface area contributed by atoms with E-state index in [0.29, 0.717) is 19.0 Å². The molecule has 136 valence electrons. The minimum absolute atomic E-state index is 0.0984. The largest absolute Gasteiger partial charge is 0.357 e. The van der Waals surface area contributed by atoms with Gasteiger partial charge in [-0.2, -0.15) is 0 Å². The van der Waals surface area contributed by atoms with Crippen molar-refractivity contribution in [1.29, 1.82) is 0 Å². The van der Waals surface area contributed by atoms with Crippen LogP contribution >= 0.6 is 11.3 Å². The van der Waals surface area contributed by atoms with E-state index in [4.69, 9.17) is 5.14 Å². The lowest BCUT2D eigenvalue weighted by Gasteiger charge is -2.11. The number of aliphatic imine (C=N–C) groups is 1. The number of benzene rings is 1. The highest BCUT2D eigenvalue weighted by Crippen LogP contribution is 2.16. The average Bonchev–Trinajstić information content (AvgIpc) is 2.87. The van der Waals surface area contributed by atoms with Gasteiger partial charge in [-0.25, -0.2) is 23.5 Å². The Balaban J connectivity index is 2.02. The standard InChI is InChI=1S/C16H23N5O2S2/c1-4-18-16(20-10-15-11(2)21-12(3)24-15)19-9-13-5-7-14(8-6-13)25(17,22)23/h5-8H,4,9-10H2,1-3H3,(H2,17,22,23)(H2,18,19,20). The molecule has 0 unspecified atom stereocenters. The zero-order chi connectivity index (χ0) is 18.4. The molecule has 0 atom stereocenters. The average molecular weight is 382 g/mol. The van der Waals surface area contributed by atoms with Crippen LogP contribution in [0.15, 0.2) is 34.2 Å². The summed E-state index contributed by atoms with van der Waals surface area (Å²) >= 11 is 1.67. The van der Waals surface area contributed by atoms with Gasteiger partial charge in [0.1, 0.15) is 0 Å². The normalized spacial score (nSPS) is 12.2. The molecule has 0 amide bonds. The second-order valence-corrected chi connectivity index (χ2v) is 8.33. The fraction of sp³-hybridized carbons (Fsp3) is 0.375. The number of guanidine groups is 1. The summed E-state index contributed by atoms with van der Waals surface area (Å²) in [5.41, 5.74) is 1.93. The number of nitrogens with two attached hydrogens (primary N) is 1. The van der Waals surface area contributed by atoms with Gasteiger partial charge < -0.3 is 10.6 Å². The van der Waals surface area contributed by atoms with Crippen molar-refractivity contribution in [2.75, 3.05) is 6.54 Å². The van der Waals surface area contributed by atoms with Crippen LogP contribution in [-0.2, 0) is 23.1 Å². The molecule has 1 heterocycles. The van der Waals surface area contributed by atoms with E-state index in [1.807, 2.05) is 20.8 Å². The predicted molar refractivity (Wildman–Crippen MR) is 101 cm³/mol. The van der Waals surface area contributed by atoms with Crippen molar-refractivity contribution >= 4 is 27.3 Å². The fourth-order valence-corrected chi connectivity index (χ4v) is 3.59. The van der Waals surface area contributed by atoms with E-state index >= 15 is 0 Å². The maximum Gasteiger partial charge on any atom is 0.238 e. The first-order valence-corrected chi connectivity index (χ1v) is 10.2. The number of sulfonamides is 1. The highest BCUT2D eigenvalue weighted by molar-refractivity contribution is 7.89. The number of thiazole rings is 1. The SMILES string of the molecule is CCNC(=NCc1ccc(S(N)(=O)=O)cc1)NCc1sc(C)nc1C. The summed E-state index contributed by atoms with van der Waals surface area (Å²) in [5.74, 6) is 0.698. The first-order valence-electron chi connectivity index (χ1n) is 7.86. The third kappa shape index (κ3) is 5.80. The van der Waals surface area contributed by atoms with Gasteiger partial charge in [-0.3, -0.25) is 0 Å². The van der Waals surface area contributed by atoms with Crippen LogP contribution in [0, 0.1) is 13.8 Å². The maximum absolute atomic E-state index is 11.3. The van der Waals surface area contributed by atoms with Crippen molar-refractivity contribution in [1.82, 2.24) is 15.6 Å². The molecule has 0 radical (unpaired) electrons. The zero-order valence-electron chi connectivity index (χ0n) is 14.5. The Morgan fingerprint density at radius 2 is 1.92 bits per heavy atom. The summed E-state index contributed by atoms with van der Waals surface area (Å²) in [4.78, 5) is 10.2. The molecule has 0 aliphatic heterocycles. The fourth-order valence-electron chi connectivity index (χ4n) is 2.20. The van der Waals surface area contributed by atoms with Crippen molar-refractivity contribution in [2.24, 2.45) is 10.1 Å². The summed E-state index contributed by atoms with van der Waals surface area (Å²) in [5, 5.41) is 12.6. The minimum Gasteiger partial charge on any atom is -0.357 e. The molecule has 0 saturated heterocycles. The Labute approximate surface area is 152 Å². The van der Waals surface area contributed by atoms with Crippen LogP contribution < -0.4 is 15.8 Å².